The van der Waals surface area contributed by atoms with Crippen LogP contribution in [0.5, 0.6) is 11.5 Å². The highest BCUT2D eigenvalue weighted by Crippen LogP contribution is 2.33. The van der Waals surface area contributed by atoms with Crippen molar-refractivity contribution in [2.75, 3.05) is 0 Å². The van der Waals surface area contributed by atoms with Gasteiger partial charge in [0, 0.05) is 0 Å². The molecule has 0 saturated heterocycles. The summed E-state index contributed by atoms with van der Waals surface area (Å²) in [4.78, 5) is 0. The number of fused-ring (bicyclic) bond motifs is 1. The van der Waals surface area contributed by atoms with E-state index in [0.29, 0.717) is 0 Å². The highest BCUT2D eigenvalue weighted by Gasteiger charge is 2.06. The first kappa shape index (κ1) is 10.8. The molecule has 84 valence electrons. The molecule has 16 heavy (non-hydrogen) atoms. The number of phenols is 2. The lowest BCUT2D eigenvalue weighted by atomic mass is 9.97. The highest BCUT2D eigenvalue weighted by atomic mass is 16.3. The van der Waals surface area contributed by atoms with Gasteiger partial charge in [-0.2, -0.15) is 0 Å². The van der Waals surface area contributed by atoms with Gasteiger partial charge in [0.05, 0.1) is 0 Å². The van der Waals surface area contributed by atoms with E-state index >= 15 is 0 Å². The second kappa shape index (κ2) is 4.05. The molecule has 0 unspecified atom stereocenters. The van der Waals surface area contributed by atoms with Crippen LogP contribution in [0.2, 0.25) is 0 Å². The largest absolute Gasteiger partial charge is 0.504 e. The fourth-order valence-electron chi connectivity index (χ4n) is 2.03. The van der Waals surface area contributed by atoms with Crippen molar-refractivity contribution in [3.8, 4) is 11.5 Å². The number of rotatable bonds is 2. The number of benzene rings is 2. The van der Waals surface area contributed by atoms with Crippen LogP contribution in [0.4, 0.5) is 0 Å². The second-order valence-corrected chi connectivity index (χ2v) is 4.02. The lowest BCUT2D eigenvalue weighted by Gasteiger charge is -2.09. The summed E-state index contributed by atoms with van der Waals surface area (Å²) in [6, 6.07) is 7.50. The zero-order valence-corrected chi connectivity index (χ0v) is 9.62. The van der Waals surface area contributed by atoms with Crippen molar-refractivity contribution in [1.82, 2.24) is 0 Å². The predicted octanol–water partition coefficient (Wildman–Crippen LogP) is 3.38. The van der Waals surface area contributed by atoms with Crippen LogP contribution >= 0.6 is 0 Å². The van der Waals surface area contributed by atoms with Crippen molar-refractivity contribution in [2.45, 2.75) is 26.7 Å². The molecule has 2 nitrogen and oxygen atoms in total. The number of phenolic OH excluding ortho intramolecular Hbond substituents is 2. The summed E-state index contributed by atoms with van der Waals surface area (Å²) in [6.07, 6.45) is 1.90. The molecular formula is C14H16O2. The third-order valence-electron chi connectivity index (χ3n) is 2.98. The maximum atomic E-state index is 9.51. The fraction of sp³-hybridized carbons (Fsp3) is 0.286. The van der Waals surface area contributed by atoms with Crippen molar-refractivity contribution in [2.24, 2.45) is 0 Å². The molecule has 0 spiro atoms. The van der Waals surface area contributed by atoms with Gasteiger partial charge in [0.25, 0.3) is 0 Å². The molecule has 0 heterocycles. The lowest BCUT2D eigenvalue weighted by Crippen LogP contribution is -1.89. The minimum Gasteiger partial charge on any atom is -0.504 e. The van der Waals surface area contributed by atoms with Crippen LogP contribution in [0.15, 0.2) is 24.3 Å². The number of aryl methyl sites for hydroxylation is 2. The molecule has 0 atom stereocenters. The van der Waals surface area contributed by atoms with Crippen molar-refractivity contribution < 1.29 is 10.2 Å². The standard InChI is InChI=1S/C14H16O2/c1-3-9-5-10(4-2)12-8-14(16)13(15)7-11(12)6-9/h5-8,15-16H,3-4H2,1-2H3. The Labute approximate surface area is 95.2 Å². The van der Waals surface area contributed by atoms with Crippen molar-refractivity contribution >= 4 is 10.8 Å². The van der Waals surface area contributed by atoms with Gasteiger partial charge in [-0.3, -0.25) is 0 Å². The molecule has 0 aliphatic carbocycles. The van der Waals surface area contributed by atoms with E-state index < -0.39 is 0 Å². The first-order chi connectivity index (χ1) is 7.65. The van der Waals surface area contributed by atoms with E-state index in [4.69, 9.17) is 0 Å². The average Bonchev–Trinajstić information content (AvgIpc) is 2.29. The van der Waals surface area contributed by atoms with Crippen molar-refractivity contribution in [3.63, 3.8) is 0 Å². The quantitative estimate of drug-likeness (QED) is 0.755. The van der Waals surface area contributed by atoms with Gasteiger partial charge >= 0.3 is 0 Å². The normalized spacial score (nSPS) is 10.9. The van der Waals surface area contributed by atoms with Crippen LogP contribution in [0, 0.1) is 0 Å². The Kier molecular flexibility index (Phi) is 2.73. The van der Waals surface area contributed by atoms with E-state index in [1.54, 1.807) is 12.1 Å². The molecule has 0 saturated carbocycles. The zero-order chi connectivity index (χ0) is 11.7. The minimum atomic E-state index is -0.0530. The second-order valence-electron chi connectivity index (χ2n) is 4.02. The van der Waals surface area contributed by atoms with Crippen LogP contribution in [-0.2, 0) is 12.8 Å². The molecule has 0 fully saturated rings. The van der Waals surface area contributed by atoms with E-state index in [2.05, 4.69) is 26.0 Å². The van der Waals surface area contributed by atoms with Gasteiger partial charge in [0.1, 0.15) is 0 Å². The molecule has 0 radical (unpaired) electrons. The molecule has 2 aromatic carbocycles. The molecule has 0 bridgehead atoms. The molecule has 2 N–H and O–H groups in total. The Morgan fingerprint density at radius 1 is 0.875 bits per heavy atom. The Morgan fingerprint density at radius 2 is 1.56 bits per heavy atom. The fourth-order valence-corrected chi connectivity index (χ4v) is 2.03. The summed E-state index contributed by atoms with van der Waals surface area (Å²) in [5.41, 5.74) is 2.47. The summed E-state index contributed by atoms with van der Waals surface area (Å²) in [5.74, 6) is -0.103. The highest BCUT2D eigenvalue weighted by molar-refractivity contribution is 5.89. The summed E-state index contributed by atoms with van der Waals surface area (Å²) >= 11 is 0. The van der Waals surface area contributed by atoms with Gasteiger partial charge in [-0.25, -0.2) is 0 Å². The predicted molar refractivity (Wildman–Crippen MR) is 66.0 cm³/mol. The Morgan fingerprint density at radius 3 is 2.19 bits per heavy atom. The smallest absolute Gasteiger partial charge is 0.158 e. The van der Waals surface area contributed by atoms with E-state index in [9.17, 15) is 10.2 Å². The van der Waals surface area contributed by atoms with Gasteiger partial charge in [0.2, 0.25) is 0 Å². The van der Waals surface area contributed by atoms with E-state index in [0.717, 1.165) is 23.6 Å². The minimum absolute atomic E-state index is 0.0496. The van der Waals surface area contributed by atoms with E-state index in [-0.39, 0.29) is 11.5 Å². The van der Waals surface area contributed by atoms with Crippen molar-refractivity contribution in [1.29, 1.82) is 0 Å². The third kappa shape index (κ3) is 1.71. The van der Waals surface area contributed by atoms with Gasteiger partial charge in [-0.05, 0) is 46.9 Å². The van der Waals surface area contributed by atoms with Crippen LogP contribution in [-0.4, -0.2) is 10.2 Å². The van der Waals surface area contributed by atoms with Crippen LogP contribution in [0.1, 0.15) is 25.0 Å². The van der Waals surface area contributed by atoms with Crippen LogP contribution in [0.3, 0.4) is 0 Å². The lowest BCUT2D eigenvalue weighted by molar-refractivity contribution is 0.405. The number of aromatic hydroxyl groups is 2. The first-order valence-electron chi connectivity index (χ1n) is 5.63. The van der Waals surface area contributed by atoms with Gasteiger partial charge in [-0.1, -0.05) is 26.0 Å². The van der Waals surface area contributed by atoms with Crippen LogP contribution < -0.4 is 0 Å². The molecule has 2 aromatic rings. The molecule has 0 aliphatic heterocycles. The third-order valence-corrected chi connectivity index (χ3v) is 2.98. The number of hydrogen-bond donors (Lipinski definition) is 2. The van der Waals surface area contributed by atoms with Gasteiger partial charge < -0.3 is 10.2 Å². The molecule has 0 aromatic heterocycles. The Balaban J connectivity index is 2.79. The molecular weight excluding hydrogens is 200 g/mol. The Hall–Kier alpha value is -1.70. The maximum absolute atomic E-state index is 9.51. The molecule has 0 aliphatic rings. The maximum Gasteiger partial charge on any atom is 0.158 e. The summed E-state index contributed by atoms with van der Waals surface area (Å²) in [7, 11) is 0. The first-order valence-corrected chi connectivity index (χ1v) is 5.63. The SMILES string of the molecule is CCc1cc(CC)c2cc(O)c(O)cc2c1. The number of hydrogen-bond acceptors (Lipinski definition) is 2. The summed E-state index contributed by atoms with van der Waals surface area (Å²) in [6.45, 7) is 4.21. The topological polar surface area (TPSA) is 40.5 Å². The Bertz CT molecular complexity index is 530. The molecule has 0 amide bonds. The summed E-state index contributed by atoms with van der Waals surface area (Å²) in [5, 5.41) is 21.0. The monoisotopic (exact) mass is 216 g/mol. The molecule has 2 rings (SSSR count). The van der Waals surface area contributed by atoms with E-state index in [1.807, 2.05) is 0 Å². The average molecular weight is 216 g/mol. The molecule has 2 heteroatoms. The van der Waals surface area contributed by atoms with Gasteiger partial charge in [-0.15, -0.1) is 0 Å². The van der Waals surface area contributed by atoms with E-state index in [1.165, 1.54) is 11.1 Å². The summed E-state index contributed by atoms with van der Waals surface area (Å²) < 4.78 is 0. The van der Waals surface area contributed by atoms with Gasteiger partial charge in [0.15, 0.2) is 11.5 Å². The van der Waals surface area contributed by atoms with Crippen LogP contribution in [0.25, 0.3) is 10.8 Å². The zero-order valence-electron chi connectivity index (χ0n) is 9.62. The van der Waals surface area contributed by atoms with Crippen molar-refractivity contribution in [3.05, 3.63) is 35.4 Å².